The maximum absolute atomic E-state index is 14.6. The molecule has 1 aliphatic carbocycles. The van der Waals surface area contributed by atoms with Crippen molar-refractivity contribution in [2.75, 3.05) is 34.6 Å². The number of hydrogen-bond donors (Lipinski definition) is 3. The molecule has 3 fully saturated rings. The van der Waals surface area contributed by atoms with Crippen LogP contribution in [0.4, 0.5) is 0 Å². The van der Waals surface area contributed by atoms with Gasteiger partial charge in [-0.25, -0.2) is 4.79 Å². The van der Waals surface area contributed by atoms with Crippen LogP contribution in [-0.2, 0) is 62.0 Å². The lowest BCUT2D eigenvalue weighted by molar-refractivity contribution is -0.265. The molecule has 74 heavy (non-hydrogen) atoms. The van der Waals surface area contributed by atoms with E-state index in [0.29, 0.717) is 69.8 Å². The minimum atomic E-state index is -2.46. The number of aliphatic hydroxyl groups excluding tert-OH is 1. The van der Waals surface area contributed by atoms with Crippen LogP contribution in [0.2, 0.25) is 0 Å². The number of ether oxygens (including phenoxy) is 6. The number of nitrogens with zero attached hydrogens (tertiary/aromatic N) is 1. The van der Waals surface area contributed by atoms with Gasteiger partial charge in [0.15, 0.2) is 5.78 Å². The third-order valence-electron chi connectivity index (χ3n) is 15.7. The number of Topliss-reactive ketones (excluding diaryl/α,β-unsaturated/α-hetero) is 4. The lowest BCUT2D eigenvalue weighted by Crippen LogP contribution is -2.61. The standard InChI is InChI=1S/C57H88N2O15/c1-34-17-13-12-14-18-35(2)47(69-9)31-43-23-20-40(7)57(68,74-43)54(65)55(66)59-26-16-15-19-44(59)56(67)73-48(32-45(61)36(3)28-39(6)52(64)53(71-11)51(63)38(5)27-34)37(4)29-42-22-24-46(49(30-42)70-10)72-33-58-50(62)25-21-41(8)60/h12-14,17-18,28,34,36-38,40,42-44,46-49,52-53,64,68H,15-16,19-27,29-33H2,1-11H3,(H,58,62)/b14-12+,17-13+,35-18+,39-28+/t34-,36-,37-,38-,40-,42+,43+,44+,46-,47+,48+,49-,52-,53+,57-/m1/s1. The van der Waals surface area contributed by atoms with Gasteiger partial charge in [-0.2, -0.15) is 0 Å². The molecule has 17 heteroatoms. The molecule has 1 saturated carbocycles. The fraction of sp³-hybridized carbons (Fsp3) is 0.737. The minimum absolute atomic E-state index is 0.00127. The second-order valence-electron chi connectivity index (χ2n) is 21.7. The molecule has 0 unspecified atom stereocenters. The first-order valence-electron chi connectivity index (χ1n) is 26.9. The van der Waals surface area contributed by atoms with Crippen LogP contribution < -0.4 is 5.32 Å². The van der Waals surface area contributed by atoms with Gasteiger partial charge in [0.05, 0.1) is 24.4 Å². The van der Waals surface area contributed by atoms with Crippen molar-refractivity contribution in [3.8, 4) is 0 Å². The summed E-state index contributed by atoms with van der Waals surface area (Å²) in [5.41, 5.74) is 1.24. The van der Waals surface area contributed by atoms with Gasteiger partial charge >= 0.3 is 5.97 Å². The number of ketones is 4. The lowest BCUT2D eigenvalue weighted by Gasteiger charge is -2.42. The summed E-state index contributed by atoms with van der Waals surface area (Å²) >= 11 is 0. The van der Waals surface area contributed by atoms with Gasteiger partial charge in [0.1, 0.15) is 42.7 Å². The second-order valence-corrected chi connectivity index (χ2v) is 21.7. The number of carbonyl (C=O) groups excluding carboxylic acids is 7. The molecule has 2 amide bonds. The number of methoxy groups -OCH3 is 3. The molecule has 0 aromatic heterocycles. The van der Waals surface area contributed by atoms with Crippen molar-refractivity contribution in [1.82, 2.24) is 10.2 Å². The first kappa shape index (κ1) is 62.3. The fourth-order valence-electron chi connectivity index (χ4n) is 10.9. The Morgan fingerprint density at radius 3 is 2.27 bits per heavy atom. The predicted molar refractivity (Wildman–Crippen MR) is 277 cm³/mol. The van der Waals surface area contributed by atoms with Crippen molar-refractivity contribution in [3.05, 3.63) is 47.6 Å². The highest BCUT2D eigenvalue weighted by Crippen LogP contribution is 2.38. The molecule has 0 spiro atoms. The Bertz CT molecular complexity index is 2050. The van der Waals surface area contributed by atoms with Crippen LogP contribution in [0, 0.1) is 35.5 Å². The molecular weight excluding hydrogens is 953 g/mol. The zero-order valence-electron chi connectivity index (χ0n) is 46.0. The Labute approximate surface area is 439 Å². The fourth-order valence-corrected chi connectivity index (χ4v) is 10.9. The lowest BCUT2D eigenvalue weighted by atomic mass is 9.78. The van der Waals surface area contributed by atoms with Crippen LogP contribution >= 0.6 is 0 Å². The van der Waals surface area contributed by atoms with Gasteiger partial charge in [-0.1, -0.05) is 71.1 Å². The summed E-state index contributed by atoms with van der Waals surface area (Å²) in [5, 5.41) is 26.2. The Morgan fingerprint density at radius 2 is 1.59 bits per heavy atom. The van der Waals surface area contributed by atoms with E-state index in [4.69, 9.17) is 28.4 Å². The number of allylic oxidation sites excluding steroid dienone is 6. The van der Waals surface area contributed by atoms with Crippen LogP contribution in [0.25, 0.3) is 0 Å². The molecular formula is C57H88N2O15. The smallest absolute Gasteiger partial charge is 0.329 e. The zero-order valence-corrected chi connectivity index (χ0v) is 46.0. The number of esters is 1. The van der Waals surface area contributed by atoms with Gasteiger partial charge in [-0.05, 0) is 114 Å². The molecule has 4 rings (SSSR count). The van der Waals surface area contributed by atoms with Crippen LogP contribution in [-0.4, -0.2) is 145 Å². The van der Waals surface area contributed by atoms with Gasteiger partial charge in [0.2, 0.25) is 11.7 Å². The number of cyclic esters (lactones) is 1. The molecule has 17 nitrogen and oxygen atoms in total. The average Bonchev–Trinajstić information content (AvgIpc) is 3.37. The van der Waals surface area contributed by atoms with Crippen molar-refractivity contribution >= 4 is 40.9 Å². The molecule has 3 heterocycles. The molecule has 0 radical (unpaired) electrons. The highest BCUT2D eigenvalue weighted by molar-refractivity contribution is 6.39. The summed E-state index contributed by atoms with van der Waals surface area (Å²) in [6, 6.07) is -1.18. The quantitative estimate of drug-likeness (QED) is 0.0805. The van der Waals surface area contributed by atoms with Gasteiger partial charge in [0.25, 0.3) is 11.7 Å². The Morgan fingerprint density at radius 1 is 0.865 bits per heavy atom. The molecule has 4 aliphatic rings. The van der Waals surface area contributed by atoms with E-state index in [-0.39, 0.29) is 92.2 Å². The summed E-state index contributed by atoms with van der Waals surface area (Å²) in [7, 11) is 4.53. The number of nitrogens with one attached hydrogen (secondary N) is 1. The van der Waals surface area contributed by atoms with E-state index < -0.39 is 77.8 Å². The average molecular weight is 1040 g/mol. The van der Waals surface area contributed by atoms with Gasteiger partial charge in [0, 0.05) is 71.3 Å². The SMILES string of the molecule is CO[C@H]1C[C@@H]2CC[C@@H](C)[C@@](O)(O2)C(=O)C(=O)N2CCCC[C@H]2C(=O)O[C@H]([C@H](C)C[C@@H]2CC[C@@H](OCNC(=O)CCC(C)=O)[C@H](OC)C2)CC(=O)[C@H](C)/C=C(\C)[C@@H](O)[C@@H](OC)C(=O)[C@H](C)C[C@H](C)/C=C/C=C/C=C/1C. The van der Waals surface area contributed by atoms with E-state index >= 15 is 0 Å². The molecule has 2 saturated heterocycles. The third kappa shape index (κ3) is 17.7. The van der Waals surface area contributed by atoms with Crippen LogP contribution in [0.15, 0.2) is 47.6 Å². The molecule has 15 atom stereocenters. The van der Waals surface area contributed by atoms with Gasteiger partial charge < -0.3 is 53.6 Å². The second kappa shape index (κ2) is 29.9. The Kier molecular flexibility index (Phi) is 25.2. The van der Waals surface area contributed by atoms with Crippen LogP contribution in [0.5, 0.6) is 0 Å². The number of piperidine rings is 1. The summed E-state index contributed by atoms with van der Waals surface area (Å²) in [5.74, 6) is -8.66. The van der Waals surface area contributed by atoms with Crippen molar-refractivity contribution < 1.29 is 72.2 Å². The van der Waals surface area contributed by atoms with Crippen LogP contribution in [0.1, 0.15) is 145 Å². The monoisotopic (exact) mass is 1040 g/mol. The topological polar surface area (TPSA) is 231 Å². The number of rotatable bonds is 12. The van der Waals surface area contributed by atoms with E-state index in [1.165, 1.54) is 18.9 Å². The number of fused-ring (bicyclic) bond motifs is 3. The highest BCUT2D eigenvalue weighted by Gasteiger charge is 2.53. The normalized spacial score (nSPS) is 36.8. The summed E-state index contributed by atoms with van der Waals surface area (Å²) in [6.45, 7) is 14.1. The first-order valence-corrected chi connectivity index (χ1v) is 26.9. The Balaban J connectivity index is 1.65. The van der Waals surface area contributed by atoms with E-state index in [1.54, 1.807) is 48.0 Å². The number of hydrogen-bond acceptors (Lipinski definition) is 15. The molecule has 416 valence electrons. The van der Waals surface area contributed by atoms with Crippen molar-refractivity contribution in [2.45, 2.75) is 200 Å². The summed E-state index contributed by atoms with van der Waals surface area (Å²) < 4.78 is 35.8. The van der Waals surface area contributed by atoms with E-state index in [9.17, 15) is 43.8 Å². The Hall–Kier alpha value is -4.23. The number of carbonyl (C=O) groups is 7. The largest absolute Gasteiger partial charge is 0.460 e. The molecule has 2 bridgehead atoms. The molecule has 3 N–H and O–H groups in total. The molecule has 0 aromatic rings. The van der Waals surface area contributed by atoms with Crippen LogP contribution in [0.3, 0.4) is 0 Å². The maximum Gasteiger partial charge on any atom is 0.329 e. The highest BCUT2D eigenvalue weighted by atomic mass is 16.6. The summed E-state index contributed by atoms with van der Waals surface area (Å²) in [4.78, 5) is 96.0. The number of aliphatic hydroxyl groups is 2. The molecule has 3 aliphatic heterocycles. The van der Waals surface area contributed by atoms with E-state index in [0.717, 1.165) is 5.57 Å². The van der Waals surface area contributed by atoms with Gasteiger partial charge in [-0.15, -0.1) is 0 Å². The molecule has 0 aromatic carbocycles. The van der Waals surface area contributed by atoms with Crippen molar-refractivity contribution in [2.24, 2.45) is 35.5 Å². The van der Waals surface area contributed by atoms with Crippen molar-refractivity contribution in [1.29, 1.82) is 0 Å². The van der Waals surface area contributed by atoms with E-state index in [1.807, 2.05) is 51.2 Å². The minimum Gasteiger partial charge on any atom is -0.460 e. The van der Waals surface area contributed by atoms with E-state index in [2.05, 4.69) is 5.32 Å². The first-order chi connectivity index (χ1) is 35.0. The van der Waals surface area contributed by atoms with Gasteiger partial charge in [-0.3, -0.25) is 24.0 Å². The maximum atomic E-state index is 14.6. The predicted octanol–water partition coefficient (Wildman–Crippen LogP) is 6.65. The number of amides is 2. The third-order valence-corrected chi connectivity index (χ3v) is 15.7. The van der Waals surface area contributed by atoms with Crippen molar-refractivity contribution in [3.63, 3.8) is 0 Å². The zero-order chi connectivity index (χ0) is 54.9. The summed E-state index contributed by atoms with van der Waals surface area (Å²) in [6.07, 6.45) is 11.3.